The summed E-state index contributed by atoms with van der Waals surface area (Å²) >= 11 is 0. The van der Waals surface area contributed by atoms with Gasteiger partial charge >= 0.3 is 5.97 Å². The molecule has 0 aliphatic heterocycles. The van der Waals surface area contributed by atoms with Crippen LogP contribution < -0.4 is 4.74 Å². The summed E-state index contributed by atoms with van der Waals surface area (Å²) in [6, 6.07) is 23.8. The Hall–Kier alpha value is -2.94. The van der Waals surface area contributed by atoms with Gasteiger partial charge in [0.25, 0.3) is 0 Å². The maximum absolute atomic E-state index is 11.4. The molecule has 0 aliphatic rings. The minimum absolute atomic E-state index is 0.0899. The van der Waals surface area contributed by atoms with E-state index in [2.05, 4.69) is 29.2 Å². The highest BCUT2D eigenvalue weighted by Gasteiger charge is 2.22. The molecule has 0 bridgehead atoms. The van der Waals surface area contributed by atoms with E-state index in [0.717, 1.165) is 16.8 Å². The number of esters is 1. The second-order valence-corrected chi connectivity index (χ2v) is 5.23. The number of ether oxygens (including phenoxy) is 1. The lowest BCUT2D eigenvalue weighted by Gasteiger charge is -2.20. The van der Waals surface area contributed by atoms with E-state index < -0.39 is 0 Å². The topological polar surface area (TPSA) is 39.2 Å². The molecule has 2 aromatic carbocycles. The van der Waals surface area contributed by atoms with Crippen LogP contribution in [0.1, 0.15) is 29.7 Å². The van der Waals surface area contributed by atoms with Gasteiger partial charge in [-0.2, -0.15) is 0 Å². The van der Waals surface area contributed by atoms with Crippen molar-refractivity contribution in [2.75, 3.05) is 0 Å². The van der Waals surface area contributed by atoms with E-state index in [4.69, 9.17) is 4.74 Å². The van der Waals surface area contributed by atoms with Gasteiger partial charge in [0, 0.05) is 13.1 Å². The summed E-state index contributed by atoms with van der Waals surface area (Å²) in [5.74, 6) is 0.0600. The second kappa shape index (κ2) is 6.88. The zero-order valence-electron chi connectivity index (χ0n) is 12.8. The molecule has 3 heteroatoms. The van der Waals surface area contributed by atoms with Crippen LogP contribution in [0.4, 0.5) is 0 Å². The van der Waals surface area contributed by atoms with Gasteiger partial charge in [0.15, 0.2) is 5.75 Å². The Labute approximate surface area is 135 Å². The molecule has 0 saturated heterocycles. The van der Waals surface area contributed by atoms with Crippen molar-refractivity contribution in [1.29, 1.82) is 0 Å². The minimum Gasteiger partial charge on any atom is -0.425 e. The van der Waals surface area contributed by atoms with Gasteiger partial charge in [-0.1, -0.05) is 60.7 Å². The van der Waals surface area contributed by atoms with Crippen molar-refractivity contribution in [3.63, 3.8) is 0 Å². The van der Waals surface area contributed by atoms with Crippen molar-refractivity contribution in [3.05, 3.63) is 95.8 Å². The van der Waals surface area contributed by atoms with Crippen LogP contribution in [0.25, 0.3) is 0 Å². The SMILES string of the molecule is CC(=O)Oc1cccnc1C(c1ccccc1)c1ccccc1. The van der Waals surface area contributed by atoms with E-state index in [1.54, 1.807) is 18.3 Å². The highest BCUT2D eigenvalue weighted by molar-refractivity contribution is 5.70. The number of benzene rings is 2. The summed E-state index contributed by atoms with van der Waals surface area (Å²) in [5, 5.41) is 0. The predicted octanol–water partition coefficient (Wildman–Crippen LogP) is 4.19. The lowest BCUT2D eigenvalue weighted by atomic mass is 9.88. The third kappa shape index (κ3) is 3.46. The Morgan fingerprint density at radius 3 is 1.96 bits per heavy atom. The maximum Gasteiger partial charge on any atom is 0.308 e. The van der Waals surface area contributed by atoms with Gasteiger partial charge in [0.1, 0.15) is 0 Å². The normalized spacial score (nSPS) is 10.5. The lowest BCUT2D eigenvalue weighted by molar-refractivity contribution is -0.131. The zero-order chi connectivity index (χ0) is 16.1. The van der Waals surface area contributed by atoms with Crippen molar-refractivity contribution in [2.24, 2.45) is 0 Å². The number of rotatable bonds is 4. The molecule has 0 fully saturated rings. The van der Waals surface area contributed by atoms with Gasteiger partial charge in [0.2, 0.25) is 0 Å². The lowest BCUT2D eigenvalue weighted by Crippen LogP contribution is -2.10. The van der Waals surface area contributed by atoms with Crippen LogP contribution in [0.15, 0.2) is 79.0 Å². The van der Waals surface area contributed by atoms with Gasteiger partial charge in [-0.3, -0.25) is 9.78 Å². The summed E-state index contributed by atoms with van der Waals surface area (Å²) in [4.78, 5) is 15.9. The van der Waals surface area contributed by atoms with E-state index in [0.29, 0.717) is 5.75 Å². The standard InChI is InChI=1S/C20H17NO2/c1-15(22)23-18-13-8-14-21-20(18)19(16-9-4-2-5-10-16)17-11-6-3-7-12-17/h2-14,19H,1H3. The fraction of sp³-hybridized carbons (Fsp3) is 0.100. The van der Waals surface area contributed by atoms with Crippen molar-refractivity contribution < 1.29 is 9.53 Å². The molecule has 0 spiro atoms. The van der Waals surface area contributed by atoms with Gasteiger partial charge in [-0.25, -0.2) is 0 Å². The molecule has 3 aromatic rings. The van der Waals surface area contributed by atoms with E-state index in [1.807, 2.05) is 36.4 Å². The van der Waals surface area contributed by atoms with Crippen LogP contribution in [-0.4, -0.2) is 11.0 Å². The van der Waals surface area contributed by atoms with Crippen LogP contribution in [0, 0.1) is 0 Å². The van der Waals surface area contributed by atoms with E-state index in [1.165, 1.54) is 6.92 Å². The average molecular weight is 303 g/mol. The molecule has 0 amide bonds. The molecule has 0 unspecified atom stereocenters. The Morgan fingerprint density at radius 2 is 1.43 bits per heavy atom. The first-order valence-corrected chi connectivity index (χ1v) is 7.49. The molecule has 0 N–H and O–H groups in total. The fourth-order valence-electron chi connectivity index (χ4n) is 2.66. The van der Waals surface area contributed by atoms with Crippen molar-refractivity contribution >= 4 is 5.97 Å². The van der Waals surface area contributed by atoms with Crippen LogP contribution >= 0.6 is 0 Å². The van der Waals surface area contributed by atoms with E-state index in [9.17, 15) is 4.79 Å². The number of nitrogens with zero attached hydrogens (tertiary/aromatic N) is 1. The predicted molar refractivity (Wildman–Crippen MR) is 89.4 cm³/mol. The Kier molecular flexibility index (Phi) is 4.48. The number of carbonyl (C=O) groups excluding carboxylic acids is 1. The third-order valence-electron chi connectivity index (χ3n) is 3.59. The number of aromatic nitrogens is 1. The van der Waals surface area contributed by atoms with E-state index >= 15 is 0 Å². The molecule has 1 heterocycles. The Morgan fingerprint density at radius 1 is 0.870 bits per heavy atom. The van der Waals surface area contributed by atoms with Crippen molar-refractivity contribution in [2.45, 2.75) is 12.8 Å². The van der Waals surface area contributed by atoms with Gasteiger partial charge in [-0.05, 0) is 23.3 Å². The second-order valence-electron chi connectivity index (χ2n) is 5.23. The third-order valence-corrected chi connectivity index (χ3v) is 3.59. The maximum atomic E-state index is 11.4. The van der Waals surface area contributed by atoms with Gasteiger partial charge < -0.3 is 4.74 Å². The minimum atomic E-state index is -0.348. The molecule has 3 rings (SSSR count). The smallest absolute Gasteiger partial charge is 0.308 e. The highest BCUT2D eigenvalue weighted by atomic mass is 16.5. The van der Waals surface area contributed by atoms with Gasteiger partial charge in [0.05, 0.1) is 11.6 Å². The van der Waals surface area contributed by atoms with Crippen LogP contribution in [0.5, 0.6) is 5.75 Å². The van der Waals surface area contributed by atoms with Gasteiger partial charge in [-0.15, -0.1) is 0 Å². The number of hydrogen-bond donors (Lipinski definition) is 0. The molecular formula is C20H17NO2. The molecule has 0 atom stereocenters. The monoisotopic (exact) mass is 303 g/mol. The first kappa shape index (κ1) is 15.0. The van der Waals surface area contributed by atoms with Crippen LogP contribution in [0.3, 0.4) is 0 Å². The summed E-state index contributed by atoms with van der Waals surface area (Å²) in [6.07, 6.45) is 1.72. The fourth-order valence-corrected chi connectivity index (χ4v) is 2.66. The molecule has 0 radical (unpaired) electrons. The molecular weight excluding hydrogens is 286 g/mol. The number of pyridine rings is 1. The van der Waals surface area contributed by atoms with Crippen LogP contribution in [-0.2, 0) is 4.79 Å². The van der Waals surface area contributed by atoms with Crippen molar-refractivity contribution in [3.8, 4) is 5.75 Å². The molecule has 0 saturated carbocycles. The highest BCUT2D eigenvalue weighted by Crippen LogP contribution is 2.35. The molecule has 1 aromatic heterocycles. The summed E-state index contributed by atoms with van der Waals surface area (Å²) in [6.45, 7) is 1.40. The molecule has 114 valence electrons. The first-order valence-electron chi connectivity index (χ1n) is 7.49. The summed E-state index contributed by atoms with van der Waals surface area (Å²) in [5.41, 5.74) is 2.94. The number of carbonyl (C=O) groups is 1. The number of hydrogen-bond acceptors (Lipinski definition) is 3. The Bertz CT molecular complexity index is 746. The molecule has 0 aliphatic carbocycles. The average Bonchev–Trinajstić information content (AvgIpc) is 2.58. The summed E-state index contributed by atoms with van der Waals surface area (Å²) < 4.78 is 5.37. The quantitative estimate of drug-likeness (QED) is 0.678. The first-order chi connectivity index (χ1) is 11.3. The Balaban J connectivity index is 2.15. The zero-order valence-corrected chi connectivity index (χ0v) is 12.8. The van der Waals surface area contributed by atoms with Crippen LogP contribution in [0.2, 0.25) is 0 Å². The summed E-state index contributed by atoms with van der Waals surface area (Å²) in [7, 11) is 0. The molecule has 23 heavy (non-hydrogen) atoms. The molecule has 3 nitrogen and oxygen atoms in total. The largest absolute Gasteiger partial charge is 0.425 e. The van der Waals surface area contributed by atoms with Crippen molar-refractivity contribution in [1.82, 2.24) is 4.98 Å². The van der Waals surface area contributed by atoms with E-state index in [-0.39, 0.29) is 11.9 Å².